The van der Waals surface area contributed by atoms with Crippen molar-refractivity contribution < 1.29 is 24.7 Å². The molecule has 0 amide bonds. The minimum absolute atomic E-state index is 0.0590. The molecule has 0 fully saturated rings. The molecule has 0 unspecified atom stereocenters. The molecule has 0 atom stereocenters. The minimum atomic E-state index is -1.53. The van der Waals surface area contributed by atoms with Crippen molar-refractivity contribution in [2.75, 3.05) is 0 Å². The van der Waals surface area contributed by atoms with Crippen molar-refractivity contribution in [3.05, 3.63) is 53.1 Å². The number of benzene rings is 2. The Morgan fingerprint density at radius 2 is 1.85 bits per heavy atom. The van der Waals surface area contributed by atoms with E-state index in [0.717, 1.165) is 5.56 Å². The van der Waals surface area contributed by atoms with Crippen molar-refractivity contribution in [2.45, 2.75) is 40.7 Å². The maximum atomic E-state index is 12.4. The molecule has 2 rings (SSSR count). The molecule has 0 bridgehead atoms. The molecule has 5 nitrogen and oxygen atoms in total. The van der Waals surface area contributed by atoms with E-state index in [0.29, 0.717) is 28.8 Å². The van der Waals surface area contributed by atoms with E-state index in [1.54, 1.807) is 37.3 Å². The van der Waals surface area contributed by atoms with Crippen molar-refractivity contribution in [1.82, 2.24) is 0 Å². The minimum Gasteiger partial charge on any atom is -0.507 e. The first-order chi connectivity index (χ1) is 12.1. The molecule has 2 aromatic rings. The molecule has 2 aromatic carbocycles. The lowest BCUT2D eigenvalue weighted by Crippen LogP contribution is -2.29. The summed E-state index contributed by atoms with van der Waals surface area (Å²) in [6.07, 6.45) is 0.344. The Balaban J connectivity index is 2.15. The highest BCUT2D eigenvalue weighted by Crippen LogP contribution is 2.33. The fourth-order valence-corrected chi connectivity index (χ4v) is 2.64. The first kappa shape index (κ1) is 20.0. The van der Waals surface area contributed by atoms with Crippen LogP contribution in [0.5, 0.6) is 11.5 Å². The van der Waals surface area contributed by atoms with E-state index in [1.807, 2.05) is 26.8 Å². The first-order valence-electron chi connectivity index (χ1n) is 8.52. The van der Waals surface area contributed by atoms with Crippen LogP contribution >= 0.6 is 0 Å². The number of Topliss-reactive ketones (excluding diaryl/α,β-unsaturated/α-hetero) is 1. The third-order valence-electron chi connectivity index (χ3n) is 4.02. The van der Waals surface area contributed by atoms with E-state index >= 15 is 0 Å². The zero-order valence-electron chi connectivity index (χ0n) is 15.6. The van der Waals surface area contributed by atoms with Gasteiger partial charge in [-0.25, -0.2) is 0 Å². The summed E-state index contributed by atoms with van der Waals surface area (Å²) in [5.41, 5.74) is 1.80. The smallest absolute Gasteiger partial charge is 0.488 e. The van der Waals surface area contributed by atoms with Gasteiger partial charge in [0.05, 0.1) is 5.56 Å². The SMILES string of the molecule is Cc1c(OCc2cccc(B(O)O)c2)ccc(C(=O)CC(C)(C)C)c1O. The average molecular weight is 356 g/mol. The highest BCUT2D eigenvalue weighted by Gasteiger charge is 2.21. The van der Waals surface area contributed by atoms with Crippen LogP contribution in [0.25, 0.3) is 0 Å². The summed E-state index contributed by atoms with van der Waals surface area (Å²) in [5, 5.41) is 28.8. The Hall–Kier alpha value is -2.31. The van der Waals surface area contributed by atoms with Crippen LogP contribution in [0.15, 0.2) is 36.4 Å². The molecule has 0 saturated carbocycles. The summed E-state index contributed by atoms with van der Waals surface area (Å²) >= 11 is 0. The fraction of sp³-hybridized carbons (Fsp3) is 0.350. The predicted molar refractivity (Wildman–Crippen MR) is 102 cm³/mol. The van der Waals surface area contributed by atoms with E-state index in [-0.39, 0.29) is 23.6 Å². The van der Waals surface area contributed by atoms with Gasteiger partial charge in [0.15, 0.2) is 5.78 Å². The van der Waals surface area contributed by atoms with E-state index in [4.69, 9.17) is 4.74 Å². The summed E-state index contributed by atoms with van der Waals surface area (Å²) in [5.74, 6) is 0.315. The Kier molecular flexibility index (Phi) is 6.11. The summed E-state index contributed by atoms with van der Waals surface area (Å²) in [6.45, 7) is 7.83. The van der Waals surface area contributed by atoms with Gasteiger partial charge in [0.25, 0.3) is 0 Å². The van der Waals surface area contributed by atoms with Gasteiger partial charge in [-0.15, -0.1) is 0 Å². The lowest BCUT2D eigenvalue weighted by Gasteiger charge is -2.18. The third-order valence-corrected chi connectivity index (χ3v) is 4.02. The number of hydrogen-bond acceptors (Lipinski definition) is 5. The Morgan fingerprint density at radius 1 is 1.15 bits per heavy atom. The average Bonchev–Trinajstić information content (AvgIpc) is 2.54. The second-order valence-electron chi connectivity index (χ2n) is 7.65. The van der Waals surface area contributed by atoms with Crippen molar-refractivity contribution in [1.29, 1.82) is 0 Å². The van der Waals surface area contributed by atoms with E-state index < -0.39 is 7.12 Å². The molecule has 6 heteroatoms. The normalized spacial score (nSPS) is 11.3. The fourth-order valence-electron chi connectivity index (χ4n) is 2.64. The summed E-state index contributed by atoms with van der Waals surface area (Å²) < 4.78 is 5.74. The number of carbonyl (C=O) groups is 1. The number of ether oxygens (including phenoxy) is 1. The van der Waals surface area contributed by atoms with Crippen molar-refractivity contribution >= 4 is 18.4 Å². The van der Waals surface area contributed by atoms with Crippen molar-refractivity contribution in [2.24, 2.45) is 5.41 Å². The van der Waals surface area contributed by atoms with E-state index in [9.17, 15) is 19.9 Å². The lowest BCUT2D eigenvalue weighted by molar-refractivity contribution is 0.0937. The standard InChI is InChI=1S/C20H25BO5/c1-13-18(26-12-14-6-5-7-15(10-14)21(24)25)9-8-16(19(13)23)17(22)11-20(2,3)4/h5-10,23-25H,11-12H2,1-4H3. The maximum Gasteiger partial charge on any atom is 0.488 e. The molecule has 3 N–H and O–H groups in total. The largest absolute Gasteiger partial charge is 0.507 e. The van der Waals surface area contributed by atoms with Crippen molar-refractivity contribution in [3.8, 4) is 11.5 Å². The van der Waals surface area contributed by atoms with Crippen LogP contribution in [-0.2, 0) is 6.61 Å². The topological polar surface area (TPSA) is 87.0 Å². The van der Waals surface area contributed by atoms with E-state index in [2.05, 4.69) is 0 Å². The molecular formula is C20H25BO5. The Labute approximate surface area is 154 Å². The summed E-state index contributed by atoms with van der Waals surface area (Å²) in [7, 11) is -1.53. The molecule has 0 saturated heterocycles. The number of carbonyl (C=O) groups excluding carboxylic acids is 1. The van der Waals surface area contributed by atoms with Gasteiger partial charge in [-0.05, 0) is 35.5 Å². The number of hydrogen-bond donors (Lipinski definition) is 3. The monoisotopic (exact) mass is 356 g/mol. The van der Waals surface area contributed by atoms with Gasteiger partial charge in [0, 0.05) is 12.0 Å². The number of phenolic OH excluding ortho intramolecular Hbond substituents is 1. The Bertz CT molecular complexity index is 793. The number of rotatable bonds is 6. The number of aromatic hydroxyl groups is 1. The summed E-state index contributed by atoms with van der Waals surface area (Å²) in [6, 6.07) is 10.0. The van der Waals surface area contributed by atoms with Crippen LogP contribution < -0.4 is 10.2 Å². The molecule has 0 heterocycles. The number of phenols is 1. The highest BCUT2D eigenvalue weighted by atomic mass is 16.5. The quantitative estimate of drug-likeness (QED) is 0.547. The molecule has 0 aliphatic heterocycles. The zero-order valence-corrected chi connectivity index (χ0v) is 15.6. The molecule has 0 aliphatic carbocycles. The molecule has 138 valence electrons. The van der Waals surface area contributed by atoms with Crippen LogP contribution in [0.4, 0.5) is 0 Å². The highest BCUT2D eigenvalue weighted by molar-refractivity contribution is 6.58. The molecule has 0 aromatic heterocycles. The van der Waals surface area contributed by atoms with Crippen LogP contribution in [-0.4, -0.2) is 28.1 Å². The number of ketones is 1. The second-order valence-corrected chi connectivity index (χ2v) is 7.65. The zero-order chi connectivity index (χ0) is 19.5. The van der Waals surface area contributed by atoms with Gasteiger partial charge in [-0.3, -0.25) is 4.79 Å². The van der Waals surface area contributed by atoms with Gasteiger partial charge >= 0.3 is 7.12 Å². The van der Waals surface area contributed by atoms with Crippen LogP contribution in [0, 0.1) is 12.3 Å². The van der Waals surface area contributed by atoms with Crippen LogP contribution in [0.1, 0.15) is 48.7 Å². The first-order valence-corrected chi connectivity index (χ1v) is 8.52. The van der Waals surface area contributed by atoms with Crippen LogP contribution in [0.3, 0.4) is 0 Å². The molecule has 26 heavy (non-hydrogen) atoms. The van der Waals surface area contributed by atoms with Gasteiger partial charge in [0.1, 0.15) is 18.1 Å². The van der Waals surface area contributed by atoms with Gasteiger partial charge in [-0.1, -0.05) is 45.0 Å². The predicted octanol–water partition coefficient (Wildman–Crippen LogP) is 2.58. The second kappa shape index (κ2) is 7.93. The third kappa shape index (κ3) is 5.10. The summed E-state index contributed by atoms with van der Waals surface area (Å²) in [4.78, 5) is 12.4. The molecule has 0 radical (unpaired) electrons. The van der Waals surface area contributed by atoms with Crippen LogP contribution in [0.2, 0.25) is 0 Å². The molecule has 0 aliphatic rings. The molecule has 0 spiro atoms. The molecular weight excluding hydrogens is 331 g/mol. The van der Waals surface area contributed by atoms with E-state index in [1.165, 1.54) is 0 Å². The van der Waals surface area contributed by atoms with Crippen molar-refractivity contribution in [3.63, 3.8) is 0 Å². The Morgan fingerprint density at radius 3 is 2.46 bits per heavy atom. The van der Waals surface area contributed by atoms with Gasteiger partial charge < -0.3 is 19.9 Å². The van der Waals surface area contributed by atoms with Gasteiger partial charge in [0.2, 0.25) is 0 Å². The maximum absolute atomic E-state index is 12.4. The lowest BCUT2D eigenvalue weighted by atomic mass is 9.80. The van der Waals surface area contributed by atoms with Gasteiger partial charge in [-0.2, -0.15) is 0 Å².